The van der Waals surface area contributed by atoms with Crippen LogP contribution in [0, 0.1) is 0 Å². The third-order valence-corrected chi connectivity index (χ3v) is 3.92. The molecule has 0 radical (unpaired) electrons. The molecule has 1 aliphatic rings. The second-order valence-electron chi connectivity index (χ2n) is 5.68. The molecule has 0 bridgehead atoms. The monoisotopic (exact) mass is 292 g/mol. The van der Waals surface area contributed by atoms with Gasteiger partial charge in [0, 0.05) is 19.6 Å². The van der Waals surface area contributed by atoms with Gasteiger partial charge in [0.2, 0.25) is 0 Å². The molecule has 1 aromatic carbocycles. The minimum Gasteiger partial charge on any atom is -0.494 e. The molecule has 2 N–H and O–H groups in total. The van der Waals surface area contributed by atoms with E-state index < -0.39 is 0 Å². The van der Waals surface area contributed by atoms with Crippen molar-refractivity contribution in [2.24, 2.45) is 0 Å². The number of nitrogens with zero attached hydrogens (tertiary/aromatic N) is 1. The number of piperidine rings is 1. The van der Waals surface area contributed by atoms with Gasteiger partial charge in [-0.2, -0.15) is 0 Å². The molecule has 118 valence electrons. The van der Waals surface area contributed by atoms with Crippen molar-refractivity contribution >= 4 is 0 Å². The number of aliphatic hydroxyl groups excluding tert-OH is 1. The Labute approximate surface area is 128 Å². The fraction of sp³-hybridized carbons (Fsp3) is 0.647. The maximum Gasteiger partial charge on any atom is 0.119 e. The highest BCUT2D eigenvalue weighted by Gasteiger charge is 2.15. The van der Waals surface area contributed by atoms with E-state index in [1.807, 2.05) is 19.1 Å². The van der Waals surface area contributed by atoms with Crippen molar-refractivity contribution in [3.05, 3.63) is 29.8 Å². The smallest absolute Gasteiger partial charge is 0.119 e. The molecule has 1 aromatic rings. The van der Waals surface area contributed by atoms with Crippen LogP contribution in [0.25, 0.3) is 0 Å². The van der Waals surface area contributed by atoms with Crippen LogP contribution in [0.2, 0.25) is 0 Å². The molecule has 21 heavy (non-hydrogen) atoms. The number of nitrogens with one attached hydrogen (secondary N) is 1. The Morgan fingerprint density at radius 1 is 1.33 bits per heavy atom. The first-order valence-corrected chi connectivity index (χ1v) is 8.11. The van der Waals surface area contributed by atoms with E-state index in [-0.39, 0.29) is 6.10 Å². The molecule has 4 heteroatoms. The molecular weight excluding hydrogens is 264 g/mol. The maximum atomic E-state index is 9.47. The van der Waals surface area contributed by atoms with Crippen molar-refractivity contribution in [3.8, 4) is 5.75 Å². The van der Waals surface area contributed by atoms with E-state index in [0.717, 1.165) is 57.7 Å². The van der Waals surface area contributed by atoms with Crippen LogP contribution in [0.4, 0.5) is 0 Å². The predicted molar refractivity (Wildman–Crippen MR) is 85.6 cm³/mol. The first-order valence-electron chi connectivity index (χ1n) is 8.11. The predicted octanol–water partition coefficient (Wildman–Crippen LogP) is 2.02. The van der Waals surface area contributed by atoms with E-state index in [2.05, 4.69) is 22.3 Å². The van der Waals surface area contributed by atoms with Gasteiger partial charge in [0.05, 0.1) is 12.7 Å². The summed E-state index contributed by atoms with van der Waals surface area (Å²) in [5.41, 5.74) is 1.27. The van der Waals surface area contributed by atoms with Gasteiger partial charge in [-0.1, -0.05) is 12.1 Å². The average Bonchev–Trinajstić information content (AvgIpc) is 2.50. The molecule has 1 saturated heterocycles. The Kier molecular flexibility index (Phi) is 7.00. The van der Waals surface area contributed by atoms with E-state index in [0.29, 0.717) is 6.61 Å². The number of aliphatic hydroxyl groups is 1. The van der Waals surface area contributed by atoms with Gasteiger partial charge in [-0.25, -0.2) is 0 Å². The van der Waals surface area contributed by atoms with Crippen molar-refractivity contribution in [1.29, 1.82) is 0 Å². The normalized spacial score (nSPS) is 17.0. The molecule has 0 aromatic heterocycles. The summed E-state index contributed by atoms with van der Waals surface area (Å²) in [5, 5.41) is 13.0. The van der Waals surface area contributed by atoms with Crippen molar-refractivity contribution < 1.29 is 9.84 Å². The second-order valence-corrected chi connectivity index (χ2v) is 5.68. The average molecular weight is 292 g/mol. The number of benzene rings is 1. The van der Waals surface area contributed by atoms with Gasteiger partial charge in [-0.05, 0) is 57.0 Å². The van der Waals surface area contributed by atoms with Gasteiger partial charge >= 0.3 is 0 Å². The summed E-state index contributed by atoms with van der Waals surface area (Å²) in [4.78, 5) is 2.45. The molecule has 1 heterocycles. The Balaban J connectivity index is 1.58. The zero-order valence-corrected chi connectivity index (χ0v) is 13.1. The van der Waals surface area contributed by atoms with E-state index in [4.69, 9.17) is 4.74 Å². The summed E-state index contributed by atoms with van der Waals surface area (Å²) in [5.74, 6) is 0.948. The van der Waals surface area contributed by atoms with Crippen molar-refractivity contribution in [3.63, 3.8) is 0 Å². The zero-order chi connectivity index (χ0) is 14.9. The quantitative estimate of drug-likeness (QED) is 0.720. The summed E-state index contributed by atoms with van der Waals surface area (Å²) in [6.07, 6.45) is 2.94. The fourth-order valence-corrected chi connectivity index (χ4v) is 2.72. The van der Waals surface area contributed by atoms with E-state index in [1.165, 1.54) is 5.56 Å². The van der Waals surface area contributed by atoms with Gasteiger partial charge in [-0.3, -0.25) is 0 Å². The van der Waals surface area contributed by atoms with E-state index in [1.54, 1.807) is 0 Å². The molecule has 2 rings (SSSR count). The Bertz CT molecular complexity index is 404. The van der Waals surface area contributed by atoms with Crippen molar-refractivity contribution in [2.75, 3.05) is 32.8 Å². The van der Waals surface area contributed by atoms with Crippen molar-refractivity contribution in [2.45, 2.75) is 38.8 Å². The number of ether oxygens (including phenoxy) is 1. The van der Waals surface area contributed by atoms with Gasteiger partial charge < -0.3 is 20.1 Å². The van der Waals surface area contributed by atoms with Crippen LogP contribution in [-0.4, -0.2) is 48.9 Å². The van der Waals surface area contributed by atoms with Crippen LogP contribution in [0.5, 0.6) is 5.75 Å². The van der Waals surface area contributed by atoms with E-state index >= 15 is 0 Å². The Morgan fingerprint density at radius 2 is 2.14 bits per heavy atom. The van der Waals surface area contributed by atoms with Crippen LogP contribution in [-0.2, 0) is 6.54 Å². The topological polar surface area (TPSA) is 44.7 Å². The highest BCUT2D eigenvalue weighted by atomic mass is 16.5. The third kappa shape index (κ3) is 6.04. The highest BCUT2D eigenvalue weighted by Crippen LogP contribution is 2.13. The molecule has 0 unspecified atom stereocenters. The summed E-state index contributed by atoms with van der Waals surface area (Å²) < 4.78 is 5.51. The summed E-state index contributed by atoms with van der Waals surface area (Å²) in [6.45, 7) is 7.83. The number of hydrogen-bond donors (Lipinski definition) is 2. The largest absolute Gasteiger partial charge is 0.494 e. The Hall–Kier alpha value is -1.10. The molecule has 0 amide bonds. The molecule has 4 nitrogen and oxygen atoms in total. The zero-order valence-electron chi connectivity index (χ0n) is 13.1. The summed E-state index contributed by atoms with van der Waals surface area (Å²) in [7, 11) is 0. The lowest BCUT2D eigenvalue weighted by Crippen LogP contribution is -2.37. The molecule has 0 aliphatic carbocycles. The summed E-state index contributed by atoms with van der Waals surface area (Å²) in [6, 6.07) is 8.27. The van der Waals surface area contributed by atoms with Crippen LogP contribution >= 0.6 is 0 Å². The first-order chi connectivity index (χ1) is 10.3. The third-order valence-electron chi connectivity index (χ3n) is 3.92. The van der Waals surface area contributed by atoms with E-state index in [9.17, 15) is 5.11 Å². The fourth-order valence-electron chi connectivity index (χ4n) is 2.72. The van der Waals surface area contributed by atoms with Crippen LogP contribution in [0.15, 0.2) is 24.3 Å². The van der Waals surface area contributed by atoms with Gasteiger partial charge in [-0.15, -0.1) is 0 Å². The molecular formula is C17H28N2O2. The number of rotatable bonds is 8. The second kappa shape index (κ2) is 9.03. The lowest BCUT2D eigenvalue weighted by atomic mass is 10.1. The number of likely N-dealkylation sites (tertiary alicyclic amines) is 1. The first kappa shape index (κ1) is 16.3. The van der Waals surface area contributed by atoms with Gasteiger partial charge in [0.15, 0.2) is 0 Å². The van der Waals surface area contributed by atoms with Crippen molar-refractivity contribution in [1.82, 2.24) is 10.2 Å². The highest BCUT2D eigenvalue weighted by molar-refractivity contribution is 5.28. The summed E-state index contributed by atoms with van der Waals surface area (Å²) >= 11 is 0. The molecule has 1 aliphatic heterocycles. The minimum absolute atomic E-state index is 0.0722. The van der Waals surface area contributed by atoms with Crippen LogP contribution in [0.3, 0.4) is 0 Å². The van der Waals surface area contributed by atoms with Gasteiger partial charge in [0.25, 0.3) is 0 Å². The standard InChI is InChI=1S/C17H28N2O2/c1-2-21-17-6-3-5-15(13-17)14-18-9-4-10-19-11-7-16(20)8-12-19/h3,5-6,13,16,18,20H,2,4,7-12,14H2,1H3. The lowest BCUT2D eigenvalue weighted by Gasteiger charge is -2.29. The minimum atomic E-state index is -0.0722. The molecule has 1 fully saturated rings. The van der Waals surface area contributed by atoms with Crippen LogP contribution < -0.4 is 10.1 Å². The SMILES string of the molecule is CCOc1cccc(CNCCCN2CCC(O)CC2)c1. The lowest BCUT2D eigenvalue weighted by molar-refractivity contribution is 0.0821. The number of hydrogen-bond acceptors (Lipinski definition) is 4. The van der Waals surface area contributed by atoms with Gasteiger partial charge in [0.1, 0.15) is 5.75 Å². The molecule has 0 saturated carbocycles. The molecule has 0 atom stereocenters. The van der Waals surface area contributed by atoms with Crippen LogP contribution in [0.1, 0.15) is 31.7 Å². The molecule has 0 spiro atoms. The Morgan fingerprint density at radius 3 is 2.90 bits per heavy atom. The maximum absolute atomic E-state index is 9.47.